The summed E-state index contributed by atoms with van der Waals surface area (Å²) in [6.45, 7) is 0. The molecule has 0 fully saturated rings. The van der Waals surface area contributed by atoms with E-state index in [2.05, 4.69) is 34.7 Å². The maximum absolute atomic E-state index is 9.17. The lowest BCUT2D eigenvalue weighted by molar-refractivity contribution is 0.896. The van der Waals surface area contributed by atoms with Gasteiger partial charge in [-0.3, -0.25) is 0 Å². The number of nitrogens with zero attached hydrogens (tertiary/aromatic N) is 2. The number of aryl methyl sites for hydroxylation is 2. The molecular formula is C17H14N2. The van der Waals surface area contributed by atoms with E-state index in [4.69, 9.17) is 0 Å². The van der Waals surface area contributed by atoms with E-state index < -0.39 is 0 Å². The van der Waals surface area contributed by atoms with E-state index in [1.807, 2.05) is 36.5 Å². The van der Waals surface area contributed by atoms with Crippen LogP contribution in [0.3, 0.4) is 0 Å². The molecule has 2 heteroatoms. The van der Waals surface area contributed by atoms with Gasteiger partial charge in [-0.2, -0.15) is 5.26 Å². The first-order chi connectivity index (χ1) is 9.38. The maximum Gasteiger partial charge on any atom is 0.101 e. The van der Waals surface area contributed by atoms with Crippen molar-refractivity contribution in [2.45, 2.75) is 12.8 Å². The summed E-state index contributed by atoms with van der Waals surface area (Å²) in [7, 11) is 0. The number of pyridine rings is 1. The van der Waals surface area contributed by atoms with Gasteiger partial charge in [0.15, 0.2) is 0 Å². The zero-order chi connectivity index (χ0) is 13.1. The third-order valence-electron chi connectivity index (χ3n) is 3.39. The largest absolute Gasteiger partial charge is 0.320 e. The fraction of sp³-hybridized carbons (Fsp3) is 0.118. The number of benzene rings is 1. The van der Waals surface area contributed by atoms with Gasteiger partial charge in [-0.25, -0.2) is 0 Å². The predicted octanol–water partition coefficient (Wildman–Crippen LogP) is 3.60. The van der Waals surface area contributed by atoms with Crippen LogP contribution in [0.2, 0.25) is 0 Å². The van der Waals surface area contributed by atoms with Crippen molar-refractivity contribution in [1.82, 2.24) is 4.40 Å². The van der Waals surface area contributed by atoms with Gasteiger partial charge in [0, 0.05) is 11.9 Å². The van der Waals surface area contributed by atoms with E-state index in [1.165, 1.54) is 11.3 Å². The van der Waals surface area contributed by atoms with Gasteiger partial charge >= 0.3 is 0 Å². The highest BCUT2D eigenvalue weighted by Crippen LogP contribution is 2.17. The third-order valence-corrected chi connectivity index (χ3v) is 3.39. The van der Waals surface area contributed by atoms with Gasteiger partial charge in [-0.15, -0.1) is 0 Å². The molecule has 1 aromatic carbocycles. The molecule has 0 aliphatic rings. The van der Waals surface area contributed by atoms with Gasteiger partial charge in [-0.1, -0.05) is 36.4 Å². The molecule has 3 rings (SSSR count). The van der Waals surface area contributed by atoms with Crippen molar-refractivity contribution >= 4 is 5.52 Å². The summed E-state index contributed by atoms with van der Waals surface area (Å²) < 4.78 is 2.11. The summed E-state index contributed by atoms with van der Waals surface area (Å²) in [5.41, 5.74) is 4.26. The lowest BCUT2D eigenvalue weighted by Gasteiger charge is -2.03. The van der Waals surface area contributed by atoms with E-state index in [9.17, 15) is 5.26 Å². The summed E-state index contributed by atoms with van der Waals surface area (Å²) in [6, 6.07) is 20.7. The molecule has 0 amide bonds. The molecule has 92 valence electrons. The highest BCUT2D eigenvalue weighted by atomic mass is 14.9. The molecule has 0 bridgehead atoms. The van der Waals surface area contributed by atoms with Crippen molar-refractivity contribution in [2.75, 3.05) is 0 Å². The second kappa shape index (κ2) is 4.99. The molecule has 3 aromatic rings. The van der Waals surface area contributed by atoms with Crippen LogP contribution in [-0.4, -0.2) is 4.40 Å². The SMILES string of the molecule is N#Cc1cc(CCc2ccccc2)n2ccccc12. The van der Waals surface area contributed by atoms with E-state index in [0.717, 1.165) is 23.9 Å². The van der Waals surface area contributed by atoms with Crippen molar-refractivity contribution < 1.29 is 0 Å². The zero-order valence-corrected chi connectivity index (χ0v) is 10.6. The van der Waals surface area contributed by atoms with Gasteiger partial charge < -0.3 is 4.40 Å². The van der Waals surface area contributed by atoms with Crippen molar-refractivity contribution in [2.24, 2.45) is 0 Å². The van der Waals surface area contributed by atoms with Crippen LogP contribution in [0.1, 0.15) is 16.8 Å². The Labute approximate surface area is 112 Å². The highest BCUT2D eigenvalue weighted by molar-refractivity contribution is 5.63. The highest BCUT2D eigenvalue weighted by Gasteiger charge is 2.07. The average Bonchev–Trinajstić information content (AvgIpc) is 2.84. The Bertz CT molecular complexity index is 733. The number of fused-ring (bicyclic) bond motifs is 1. The molecule has 0 saturated heterocycles. The quantitative estimate of drug-likeness (QED) is 0.694. The average molecular weight is 246 g/mol. The van der Waals surface area contributed by atoms with E-state index >= 15 is 0 Å². The minimum Gasteiger partial charge on any atom is -0.320 e. The van der Waals surface area contributed by atoms with Gasteiger partial charge in [-0.05, 0) is 36.6 Å². The summed E-state index contributed by atoms with van der Waals surface area (Å²) in [6.07, 6.45) is 3.96. The first-order valence-corrected chi connectivity index (χ1v) is 6.41. The molecule has 2 nitrogen and oxygen atoms in total. The molecule has 0 saturated carbocycles. The van der Waals surface area contributed by atoms with Crippen LogP contribution in [-0.2, 0) is 12.8 Å². The normalized spacial score (nSPS) is 10.5. The Hall–Kier alpha value is -2.53. The lowest BCUT2D eigenvalue weighted by atomic mass is 10.1. The summed E-state index contributed by atoms with van der Waals surface area (Å²) >= 11 is 0. The second-order valence-electron chi connectivity index (χ2n) is 4.60. The Morgan fingerprint density at radius 1 is 0.947 bits per heavy atom. The number of aromatic nitrogens is 1. The third kappa shape index (κ3) is 2.23. The predicted molar refractivity (Wildman–Crippen MR) is 76.0 cm³/mol. The molecule has 19 heavy (non-hydrogen) atoms. The van der Waals surface area contributed by atoms with E-state index in [0.29, 0.717) is 0 Å². The molecule has 0 radical (unpaired) electrons. The second-order valence-corrected chi connectivity index (χ2v) is 4.60. The van der Waals surface area contributed by atoms with Crippen molar-refractivity contribution in [3.05, 3.63) is 77.6 Å². The first-order valence-electron chi connectivity index (χ1n) is 6.41. The number of nitriles is 1. The van der Waals surface area contributed by atoms with Gasteiger partial charge in [0.05, 0.1) is 11.1 Å². The molecule has 0 aliphatic heterocycles. The first kappa shape index (κ1) is 11.6. The van der Waals surface area contributed by atoms with Gasteiger partial charge in [0.25, 0.3) is 0 Å². The van der Waals surface area contributed by atoms with Crippen molar-refractivity contribution in [3.63, 3.8) is 0 Å². The monoisotopic (exact) mass is 246 g/mol. The Balaban J connectivity index is 1.92. The molecule has 2 aromatic heterocycles. The van der Waals surface area contributed by atoms with Crippen LogP contribution >= 0.6 is 0 Å². The van der Waals surface area contributed by atoms with Crippen LogP contribution in [0, 0.1) is 11.3 Å². The van der Waals surface area contributed by atoms with Gasteiger partial charge in [0.1, 0.15) is 6.07 Å². The summed E-state index contributed by atoms with van der Waals surface area (Å²) in [4.78, 5) is 0. The Morgan fingerprint density at radius 3 is 2.53 bits per heavy atom. The molecule has 0 unspecified atom stereocenters. The standard InChI is InChI=1S/C17H14N2/c18-13-15-12-16(19-11-5-4-8-17(15)19)10-9-14-6-2-1-3-7-14/h1-8,11-12H,9-10H2. The van der Waals surface area contributed by atoms with E-state index in [1.54, 1.807) is 0 Å². The summed E-state index contributed by atoms with van der Waals surface area (Å²) in [5, 5.41) is 9.17. The zero-order valence-electron chi connectivity index (χ0n) is 10.6. The van der Waals surface area contributed by atoms with Crippen molar-refractivity contribution in [3.8, 4) is 6.07 Å². The number of hydrogen-bond acceptors (Lipinski definition) is 1. The number of rotatable bonds is 3. The minimum absolute atomic E-state index is 0.753. The molecule has 0 spiro atoms. The van der Waals surface area contributed by atoms with Crippen LogP contribution in [0.25, 0.3) is 5.52 Å². The van der Waals surface area contributed by atoms with Crippen LogP contribution in [0.5, 0.6) is 0 Å². The number of hydrogen-bond donors (Lipinski definition) is 0. The lowest BCUT2D eigenvalue weighted by Crippen LogP contribution is -1.95. The van der Waals surface area contributed by atoms with Crippen LogP contribution in [0.4, 0.5) is 0 Å². The van der Waals surface area contributed by atoms with Gasteiger partial charge in [0.2, 0.25) is 0 Å². The Kier molecular flexibility index (Phi) is 3.04. The van der Waals surface area contributed by atoms with Crippen LogP contribution < -0.4 is 0 Å². The fourth-order valence-corrected chi connectivity index (χ4v) is 2.42. The van der Waals surface area contributed by atoms with E-state index in [-0.39, 0.29) is 0 Å². The molecular weight excluding hydrogens is 232 g/mol. The summed E-state index contributed by atoms with van der Waals surface area (Å²) in [5.74, 6) is 0. The molecule has 2 heterocycles. The molecule has 0 aliphatic carbocycles. The van der Waals surface area contributed by atoms with Crippen molar-refractivity contribution in [1.29, 1.82) is 5.26 Å². The topological polar surface area (TPSA) is 28.2 Å². The molecule has 0 N–H and O–H groups in total. The minimum atomic E-state index is 0.753. The fourth-order valence-electron chi connectivity index (χ4n) is 2.42. The smallest absolute Gasteiger partial charge is 0.101 e. The maximum atomic E-state index is 9.17. The van der Waals surface area contributed by atoms with Crippen LogP contribution in [0.15, 0.2) is 60.8 Å². The Morgan fingerprint density at radius 2 is 1.74 bits per heavy atom. The molecule has 0 atom stereocenters.